The Kier molecular flexibility index (Phi) is 7.32. The quantitative estimate of drug-likeness (QED) is 0.217. The first-order chi connectivity index (χ1) is 20.9. The number of fused-ring (bicyclic) bond motifs is 1. The lowest BCUT2D eigenvalue weighted by Gasteiger charge is -2.10. The van der Waals surface area contributed by atoms with E-state index in [0.29, 0.717) is 39.6 Å². The van der Waals surface area contributed by atoms with Gasteiger partial charge in [-0.1, -0.05) is 24.3 Å². The van der Waals surface area contributed by atoms with Crippen molar-refractivity contribution in [1.29, 1.82) is 5.26 Å². The summed E-state index contributed by atoms with van der Waals surface area (Å²) in [6.45, 7) is 0.0917. The molecule has 3 aromatic carbocycles. The molecule has 0 fully saturated rings. The molecule has 0 aliphatic heterocycles. The summed E-state index contributed by atoms with van der Waals surface area (Å²) in [5.74, 6) is -0.973. The highest BCUT2D eigenvalue weighted by Gasteiger charge is 2.18. The number of aromatic nitrogens is 4. The first-order valence-corrected chi connectivity index (χ1v) is 13.1. The standard InChI is InChI=1S/C32H21F2N5O4/c33-24-12-19(16-35)4-5-23(24)18-43-30-3-1-2-26(38-30)21-7-6-20(25(34)13-21)15-29-37-27-9-8-22(32(40)41)14-28(27)39(29)17-31-36-10-11-42-31/h1-14H,15,17-18H2,(H,40,41). The van der Waals surface area contributed by atoms with Crippen LogP contribution < -0.4 is 4.74 Å². The number of benzene rings is 3. The molecule has 0 radical (unpaired) electrons. The zero-order valence-electron chi connectivity index (χ0n) is 22.4. The van der Waals surface area contributed by atoms with Gasteiger partial charge in [-0.3, -0.25) is 0 Å². The van der Waals surface area contributed by atoms with Gasteiger partial charge in [-0.05, 0) is 48.0 Å². The number of hydrogen-bond donors (Lipinski definition) is 1. The highest BCUT2D eigenvalue weighted by atomic mass is 19.1. The van der Waals surface area contributed by atoms with Gasteiger partial charge in [-0.15, -0.1) is 0 Å². The van der Waals surface area contributed by atoms with Gasteiger partial charge in [0.2, 0.25) is 11.8 Å². The number of carboxylic acid groups (broad SMARTS) is 1. The molecule has 0 spiro atoms. The van der Waals surface area contributed by atoms with Crippen LogP contribution in [-0.2, 0) is 19.6 Å². The summed E-state index contributed by atoms with van der Waals surface area (Å²) in [6.07, 6.45) is 3.07. The molecule has 0 saturated carbocycles. The molecule has 6 aromatic rings. The molecule has 0 aliphatic rings. The fraction of sp³-hybridized carbons (Fsp3) is 0.0938. The Labute approximate surface area is 243 Å². The van der Waals surface area contributed by atoms with E-state index in [9.17, 15) is 14.3 Å². The zero-order chi connectivity index (χ0) is 29.9. The number of ether oxygens (including phenoxy) is 1. The molecule has 0 unspecified atom stereocenters. The predicted molar refractivity (Wildman–Crippen MR) is 150 cm³/mol. The molecule has 212 valence electrons. The minimum atomic E-state index is -1.07. The van der Waals surface area contributed by atoms with Gasteiger partial charge in [0.25, 0.3) is 0 Å². The molecule has 0 amide bonds. The van der Waals surface area contributed by atoms with Crippen LogP contribution in [0, 0.1) is 23.0 Å². The van der Waals surface area contributed by atoms with Gasteiger partial charge < -0.3 is 18.8 Å². The number of rotatable bonds is 9. The van der Waals surface area contributed by atoms with Crippen molar-refractivity contribution in [1.82, 2.24) is 19.5 Å². The van der Waals surface area contributed by atoms with E-state index < -0.39 is 17.6 Å². The molecule has 6 rings (SSSR count). The van der Waals surface area contributed by atoms with Gasteiger partial charge in [0, 0.05) is 23.6 Å². The predicted octanol–water partition coefficient (Wildman–Crippen LogP) is 6.15. The summed E-state index contributed by atoms with van der Waals surface area (Å²) in [6, 6.07) is 20.4. The van der Waals surface area contributed by atoms with E-state index in [1.54, 1.807) is 41.0 Å². The van der Waals surface area contributed by atoms with Crippen LogP contribution >= 0.6 is 0 Å². The summed E-state index contributed by atoms with van der Waals surface area (Å²) in [4.78, 5) is 24.8. The van der Waals surface area contributed by atoms with Crippen molar-refractivity contribution in [2.75, 3.05) is 0 Å². The average Bonchev–Trinajstić information content (AvgIpc) is 3.65. The average molecular weight is 578 g/mol. The highest BCUT2D eigenvalue weighted by molar-refractivity contribution is 5.92. The Bertz CT molecular complexity index is 2020. The molecular formula is C32H21F2N5O4. The normalized spacial score (nSPS) is 11.0. The van der Waals surface area contributed by atoms with Gasteiger partial charge in [-0.2, -0.15) is 5.26 Å². The first-order valence-electron chi connectivity index (χ1n) is 13.1. The summed E-state index contributed by atoms with van der Waals surface area (Å²) in [5, 5.41) is 18.4. The monoisotopic (exact) mass is 577 g/mol. The molecule has 0 saturated heterocycles. The number of aromatic carboxylic acids is 1. The second-order valence-corrected chi connectivity index (χ2v) is 9.60. The first kappa shape index (κ1) is 27.3. The smallest absolute Gasteiger partial charge is 0.335 e. The number of nitriles is 1. The number of pyridine rings is 1. The van der Waals surface area contributed by atoms with Crippen LogP contribution in [0.1, 0.15) is 38.8 Å². The molecule has 3 heterocycles. The SMILES string of the molecule is N#Cc1ccc(COc2cccc(-c3ccc(Cc4nc5ccc(C(=O)O)cc5n4Cc4ncco4)c(F)c3)n2)c(F)c1. The minimum Gasteiger partial charge on any atom is -0.478 e. The van der Waals surface area contributed by atoms with Crippen LogP contribution in [0.4, 0.5) is 8.78 Å². The number of halogens is 2. The Morgan fingerprint density at radius 2 is 1.84 bits per heavy atom. The second-order valence-electron chi connectivity index (χ2n) is 9.60. The number of hydrogen-bond acceptors (Lipinski definition) is 7. The Balaban J connectivity index is 1.25. The zero-order valence-corrected chi connectivity index (χ0v) is 22.4. The molecule has 1 N–H and O–H groups in total. The van der Waals surface area contributed by atoms with Crippen LogP contribution in [0.5, 0.6) is 5.88 Å². The third kappa shape index (κ3) is 5.80. The van der Waals surface area contributed by atoms with E-state index in [4.69, 9.17) is 14.4 Å². The van der Waals surface area contributed by atoms with Crippen LogP contribution in [0.2, 0.25) is 0 Å². The summed E-state index contributed by atoms with van der Waals surface area (Å²) < 4.78 is 42.5. The molecule has 0 aliphatic carbocycles. The lowest BCUT2D eigenvalue weighted by atomic mass is 10.1. The van der Waals surface area contributed by atoms with Gasteiger partial charge in [0.1, 0.15) is 36.9 Å². The van der Waals surface area contributed by atoms with Crippen molar-refractivity contribution in [3.8, 4) is 23.2 Å². The minimum absolute atomic E-state index is 0.0935. The number of carboxylic acids is 1. The highest BCUT2D eigenvalue weighted by Crippen LogP contribution is 2.26. The van der Waals surface area contributed by atoms with E-state index >= 15 is 4.39 Å². The molecule has 9 nitrogen and oxygen atoms in total. The van der Waals surface area contributed by atoms with Crippen molar-refractivity contribution in [3.05, 3.63) is 131 Å². The number of oxazole rings is 1. The van der Waals surface area contributed by atoms with Crippen molar-refractivity contribution in [2.45, 2.75) is 19.6 Å². The van der Waals surface area contributed by atoms with Crippen LogP contribution in [0.25, 0.3) is 22.3 Å². The third-order valence-electron chi connectivity index (χ3n) is 6.83. The lowest BCUT2D eigenvalue weighted by Crippen LogP contribution is -2.07. The Morgan fingerprint density at radius 1 is 1.00 bits per heavy atom. The number of nitrogens with zero attached hydrogens (tertiary/aromatic N) is 5. The van der Waals surface area contributed by atoms with Gasteiger partial charge in [0.05, 0.1) is 40.1 Å². The molecule has 0 atom stereocenters. The molecule has 11 heteroatoms. The second kappa shape index (κ2) is 11.5. The van der Waals surface area contributed by atoms with Crippen LogP contribution in [-0.4, -0.2) is 30.6 Å². The molecule has 3 aromatic heterocycles. The van der Waals surface area contributed by atoms with Gasteiger partial charge in [-0.25, -0.2) is 28.5 Å². The van der Waals surface area contributed by atoms with E-state index in [1.165, 1.54) is 42.8 Å². The number of imidazole rings is 1. The third-order valence-corrected chi connectivity index (χ3v) is 6.83. The van der Waals surface area contributed by atoms with Crippen LogP contribution in [0.3, 0.4) is 0 Å². The fourth-order valence-corrected chi connectivity index (χ4v) is 4.65. The topological polar surface area (TPSA) is 127 Å². The fourth-order valence-electron chi connectivity index (χ4n) is 4.65. The van der Waals surface area contributed by atoms with E-state index in [-0.39, 0.29) is 42.1 Å². The van der Waals surface area contributed by atoms with Crippen molar-refractivity contribution in [2.24, 2.45) is 0 Å². The largest absolute Gasteiger partial charge is 0.478 e. The Morgan fingerprint density at radius 3 is 2.58 bits per heavy atom. The molecule has 0 bridgehead atoms. The lowest BCUT2D eigenvalue weighted by molar-refractivity contribution is 0.0697. The Hall–Kier alpha value is -5.89. The molecule has 43 heavy (non-hydrogen) atoms. The maximum atomic E-state index is 15.5. The van der Waals surface area contributed by atoms with E-state index in [2.05, 4.69) is 15.0 Å². The van der Waals surface area contributed by atoms with Crippen molar-refractivity contribution < 1.29 is 27.8 Å². The van der Waals surface area contributed by atoms with Crippen LogP contribution in [0.15, 0.2) is 89.7 Å². The van der Waals surface area contributed by atoms with Crippen molar-refractivity contribution >= 4 is 17.0 Å². The summed E-state index contributed by atoms with van der Waals surface area (Å²) >= 11 is 0. The van der Waals surface area contributed by atoms with E-state index in [1.807, 2.05) is 6.07 Å². The van der Waals surface area contributed by atoms with Gasteiger partial charge >= 0.3 is 5.97 Å². The summed E-state index contributed by atoms with van der Waals surface area (Å²) in [5.41, 5.74) is 3.05. The van der Waals surface area contributed by atoms with Crippen molar-refractivity contribution in [3.63, 3.8) is 0 Å². The van der Waals surface area contributed by atoms with Gasteiger partial charge in [0.15, 0.2) is 0 Å². The maximum Gasteiger partial charge on any atom is 0.335 e. The summed E-state index contributed by atoms with van der Waals surface area (Å²) in [7, 11) is 0. The number of carbonyl (C=O) groups is 1. The maximum absolute atomic E-state index is 15.5. The molecular weight excluding hydrogens is 556 g/mol. The van der Waals surface area contributed by atoms with E-state index in [0.717, 1.165) is 6.07 Å².